The number of carbonyl (C=O) groups excluding carboxylic acids is 1. The van der Waals surface area contributed by atoms with E-state index in [9.17, 15) is 9.59 Å². The van der Waals surface area contributed by atoms with Gasteiger partial charge >= 0.3 is 11.9 Å². The number of carboxylic acid groups (broad SMARTS) is 1. The minimum atomic E-state index is -1.11. The lowest BCUT2D eigenvalue weighted by atomic mass is 10.2. The van der Waals surface area contributed by atoms with Gasteiger partial charge in [-0.1, -0.05) is 0 Å². The van der Waals surface area contributed by atoms with E-state index in [1.807, 2.05) is 0 Å². The summed E-state index contributed by atoms with van der Waals surface area (Å²) in [7, 11) is 0. The number of hydrogen-bond donors (Lipinski definition) is 1. The van der Waals surface area contributed by atoms with Crippen molar-refractivity contribution in [3.63, 3.8) is 0 Å². The summed E-state index contributed by atoms with van der Waals surface area (Å²) in [6.07, 6.45) is 4.03. The summed E-state index contributed by atoms with van der Waals surface area (Å²) in [6, 6.07) is 1.59. The molecular formula is C13H13N3O4. The van der Waals surface area contributed by atoms with Gasteiger partial charge in [0, 0.05) is 18.1 Å². The summed E-state index contributed by atoms with van der Waals surface area (Å²) in [6.45, 7) is 3.71. The summed E-state index contributed by atoms with van der Waals surface area (Å²) >= 11 is 0. The molecule has 0 spiro atoms. The summed E-state index contributed by atoms with van der Waals surface area (Å²) in [5, 5.41) is 13.1. The molecule has 0 aliphatic heterocycles. The SMILES string of the molecule is CCOC(=O)c1cnn(-c2cc(C)ncc2C(=O)O)c1. The van der Waals surface area contributed by atoms with Crippen LogP contribution in [0.1, 0.15) is 33.3 Å². The number of ether oxygens (including phenoxy) is 1. The van der Waals surface area contributed by atoms with E-state index in [0.717, 1.165) is 0 Å². The second-order valence-electron chi connectivity index (χ2n) is 4.04. The highest BCUT2D eigenvalue weighted by molar-refractivity contribution is 5.92. The predicted octanol–water partition coefficient (Wildman–Crippen LogP) is 1.45. The predicted molar refractivity (Wildman–Crippen MR) is 69.0 cm³/mol. The summed E-state index contributed by atoms with van der Waals surface area (Å²) in [5.41, 5.74) is 1.27. The van der Waals surface area contributed by atoms with Crippen molar-refractivity contribution < 1.29 is 19.4 Å². The van der Waals surface area contributed by atoms with Crippen LogP contribution in [0.3, 0.4) is 0 Å². The standard InChI is InChI=1S/C13H13N3O4/c1-3-20-13(19)9-5-15-16(7-9)11-4-8(2)14-6-10(11)12(17)18/h4-7H,3H2,1-2H3,(H,17,18). The number of aryl methyl sites for hydroxylation is 1. The molecule has 20 heavy (non-hydrogen) atoms. The maximum Gasteiger partial charge on any atom is 0.341 e. The fraction of sp³-hybridized carbons (Fsp3) is 0.231. The molecule has 0 amide bonds. The number of rotatable bonds is 4. The van der Waals surface area contributed by atoms with E-state index in [0.29, 0.717) is 11.4 Å². The van der Waals surface area contributed by atoms with Gasteiger partial charge in [0.1, 0.15) is 5.56 Å². The molecule has 1 N–H and O–H groups in total. The Kier molecular flexibility index (Phi) is 3.79. The van der Waals surface area contributed by atoms with Crippen molar-refractivity contribution >= 4 is 11.9 Å². The zero-order valence-electron chi connectivity index (χ0n) is 11.0. The molecule has 104 valence electrons. The molecule has 0 atom stereocenters. The molecule has 0 saturated carbocycles. The van der Waals surface area contributed by atoms with Crippen molar-refractivity contribution in [2.75, 3.05) is 6.61 Å². The van der Waals surface area contributed by atoms with Crippen molar-refractivity contribution in [3.05, 3.63) is 41.5 Å². The van der Waals surface area contributed by atoms with Gasteiger partial charge in [0.15, 0.2) is 0 Å². The van der Waals surface area contributed by atoms with E-state index >= 15 is 0 Å². The van der Waals surface area contributed by atoms with Crippen LogP contribution in [0, 0.1) is 6.92 Å². The van der Waals surface area contributed by atoms with Gasteiger partial charge < -0.3 is 9.84 Å². The van der Waals surface area contributed by atoms with E-state index in [1.165, 1.54) is 23.3 Å². The quantitative estimate of drug-likeness (QED) is 0.849. The average Bonchev–Trinajstić information content (AvgIpc) is 2.88. The van der Waals surface area contributed by atoms with E-state index in [4.69, 9.17) is 9.84 Å². The third-order valence-corrected chi connectivity index (χ3v) is 2.59. The fourth-order valence-electron chi connectivity index (χ4n) is 1.67. The van der Waals surface area contributed by atoms with Crippen LogP contribution in [-0.4, -0.2) is 38.4 Å². The van der Waals surface area contributed by atoms with Gasteiger partial charge in [0.25, 0.3) is 0 Å². The monoisotopic (exact) mass is 275 g/mol. The van der Waals surface area contributed by atoms with Crippen molar-refractivity contribution in [2.24, 2.45) is 0 Å². The van der Waals surface area contributed by atoms with E-state index in [2.05, 4.69) is 10.1 Å². The molecule has 7 heteroatoms. The first-order chi connectivity index (χ1) is 9.52. The van der Waals surface area contributed by atoms with Gasteiger partial charge in [0.05, 0.1) is 24.1 Å². The van der Waals surface area contributed by atoms with Gasteiger partial charge in [-0.15, -0.1) is 0 Å². The number of aromatic nitrogens is 3. The average molecular weight is 275 g/mol. The normalized spacial score (nSPS) is 10.3. The molecule has 0 aliphatic carbocycles. The smallest absolute Gasteiger partial charge is 0.341 e. The molecular weight excluding hydrogens is 262 g/mol. The zero-order chi connectivity index (χ0) is 14.7. The Morgan fingerprint density at radius 1 is 1.40 bits per heavy atom. The van der Waals surface area contributed by atoms with Gasteiger partial charge in [0.2, 0.25) is 0 Å². The van der Waals surface area contributed by atoms with Gasteiger partial charge in [-0.05, 0) is 19.9 Å². The number of aromatic carboxylic acids is 1. The first kappa shape index (κ1) is 13.7. The Morgan fingerprint density at radius 3 is 2.80 bits per heavy atom. The summed E-state index contributed by atoms with van der Waals surface area (Å²) in [5.74, 6) is -1.61. The summed E-state index contributed by atoms with van der Waals surface area (Å²) in [4.78, 5) is 26.7. The van der Waals surface area contributed by atoms with Crippen molar-refractivity contribution in [2.45, 2.75) is 13.8 Å². The highest BCUT2D eigenvalue weighted by atomic mass is 16.5. The topological polar surface area (TPSA) is 94.3 Å². The molecule has 2 aromatic rings. The van der Waals surface area contributed by atoms with Gasteiger partial charge in [-0.3, -0.25) is 4.98 Å². The minimum Gasteiger partial charge on any atom is -0.478 e. The maximum atomic E-state index is 11.6. The van der Waals surface area contributed by atoms with Gasteiger partial charge in [-0.25, -0.2) is 14.3 Å². The molecule has 7 nitrogen and oxygen atoms in total. The number of carbonyl (C=O) groups is 2. The zero-order valence-corrected chi connectivity index (χ0v) is 11.0. The lowest BCUT2D eigenvalue weighted by Crippen LogP contribution is -2.08. The van der Waals surface area contributed by atoms with Crippen LogP contribution in [0.25, 0.3) is 5.69 Å². The van der Waals surface area contributed by atoms with Crippen LogP contribution in [0.15, 0.2) is 24.7 Å². The Morgan fingerprint density at radius 2 is 2.15 bits per heavy atom. The Labute approximate surface area is 114 Å². The molecule has 0 aliphatic rings. The number of nitrogens with zero attached hydrogens (tertiary/aromatic N) is 3. The first-order valence-corrected chi connectivity index (χ1v) is 5.95. The van der Waals surface area contributed by atoms with E-state index in [-0.39, 0.29) is 17.7 Å². The first-order valence-electron chi connectivity index (χ1n) is 5.95. The number of esters is 1. The molecule has 2 aromatic heterocycles. The summed E-state index contributed by atoms with van der Waals surface area (Å²) < 4.78 is 6.18. The Balaban J connectivity index is 2.44. The third-order valence-electron chi connectivity index (χ3n) is 2.59. The van der Waals surface area contributed by atoms with Crippen LogP contribution in [0.5, 0.6) is 0 Å². The van der Waals surface area contributed by atoms with Crippen LogP contribution in [0.2, 0.25) is 0 Å². The lowest BCUT2D eigenvalue weighted by molar-refractivity contribution is 0.0526. The van der Waals surface area contributed by atoms with Crippen LogP contribution in [-0.2, 0) is 4.74 Å². The molecule has 2 heterocycles. The van der Waals surface area contributed by atoms with Crippen molar-refractivity contribution in [1.29, 1.82) is 0 Å². The third kappa shape index (κ3) is 2.66. The molecule has 0 bridgehead atoms. The highest BCUT2D eigenvalue weighted by Gasteiger charge is 2.16. The molecule has 0 fully saturated rings. The maximum absolute atomic E-state index is 11.6. The largest absolute Gasteiger partial charge is 0.478 e. The number of carboxylic acids is 1. The number of hydrogen-bond acceptors (Lipinski definition) is 5. The van der Waals surface area contributed by atoms with E-state index in [1.54, 1.807) is 19.9 Å². The Hall–Kier alpha value is -2.70. The molecule has 0 radical (unpaired) electrons. The second-order valence-corrected chi connectivity index (χ2v) is 4.04. The van der Waals surface area contributed by atoms with Crippen LogP contribution in [0.4, 0.5) is 0 Å². The van der Waals surface area contributed by atoms with Gasteiger partial charge in [-0.2, -0.15) is 5.10 Å². The fourth-order valence-corrected chi connectivity index (χ4v) is 1.67. The molecule has 2 rings (SSSR count). The highest BCUT2D eigenvalue weighted by Crippen LogP contribution is 2.15. The van der Waals surface area contributed by atoms with Crippen molar-refractivity contribution in [1.82, 2.24) is 14.8 Å². The molecule has 0 saturated heterocycles. The molecule has 0 aromatic carbocycles. The van der Waals surface area contributed by atoms with Crippen LogP contribution >= 0.6 is 0 Å². The lowest BCUT2D eigenvalue weighted by Gasteiger charge is -2.06. The van der Waals surface area contributed by atoms with E-state index < -0.39 is 11.9 Å². The second kappa shape index (κ2) is 5.52. The Bertz CT molecular complexity index is 663. The molecule has 0 unspecified atom stereocenters. The number of pyridine rings is 1. The minimum absolute atomic E-state index is 0.00843. The van der Waals surface area contributed by atoms with Crippen LogP contribution < -0.4 is 0 Å². The van der Waals surface area contributed by atoms with Crippen molar-refractivity contribution in [3.8, 4) is 5.69 Å².